The Hall–Kier alpha value is -0.410. The van der Waals surface area contributed by atoms with Crippen molar-refractivity contribution in [3.63, 3.8) is 0 Å². The number of hydrogen-bond acceptors (Lipinski definition) is 3. The summed E-state index contributed by atoms with van der Waals surface area (Å²) in [5, 5.41) is 21.6. The number of aliphatic hydroxyl groups is 2. The van der Waals surface area contributed by atoms with Crippen LogP contribution in [0.15, 0.2) is 0 Å². The summed E-state index contributed by atoms with van der Waals surface area (Å²) in [6.45, 7) is 7.56. The zero-order valence-corrected chi connectivity index (χ0v) is 12.6. The van der Waals surface area contributed by atoms with Gasteiger partial charge in [-0.2, -0.15) is 0 Å². The van der Waals surface area contributed by atoms with Gasteiger partial charge in [0, 0.05) is 12.3 Å². The smallest absolute Gasteiger partial charge is 0.133 e. The minimum absolute atomic E-state index is 0.00188. The van der Waals surface area contributed by atoms with Crippen LogP contribution in [0, 0.1) is 23.7 Å². The first kappa shape index (κ1) is 15.0. The molecule has 0 aromatic carbocycles. The summed E-state index contributed by atoms with van der Waals surface area (Å²) < 4.78 is 0. The molecule has 0 aliphatic heterocycles. The maximum atomic E-state index is 11.7. The van der Waals surface area contributed by atoms with Gasteiger partial charge in [-0.3, -0.25) is 4.79 Å². The number of rotatable bonds is 2. The lowest BCUT2D eigenvalue weighted by atomic mass is 9.53. The van der Waals surface area contributed by atoms with E-state index in [1.807, 2.05) is 13.8 Å². The lowest BCUT2D eigenvalue weighted by molar-refractivity contribution is -0.195. The standard InChI is InChI=1S/C16H28O3/c1-10-5-6-14(11(2)12(3)17)16(19)9-15(4,18)8-7-13(10)16/h10-11,13-14,18-19H,5-9H2,1-4H3/t10-,11+,13+,14+,15+,16+/m1/s1. The molecule has 2 saturated carbocycles. The highest BCUT2D eigenvalue weighted by Gasteiger charge is 2.56. The molecule has 0 aromatic heterocycles. The third-order valence-electron chi connectivity index (χ3n) is 5.81. The summed E-state index contributed by atoms with van der Waals surface area (Å²) in [6.07, 6.45) is 4.01. The lowest BCUT2D eigenvalue weighted by Crippen LogP contribution is -2.60. The van der Waals surface area contributed by atoms with Gasteiger partial charge in [-0.15, -0.1) is 0 Å². The van der Waals surface area contributed by atoms with Gasteiger partial charge in [-0.1, -0.05) is 13.8 Å². The average Bonchev–Trinajstić information content (AvgIpc) is 2.25. The fourth-order valence-electron chi connectivity index (χ4n) is 4.59. The summed E-state index contributed by atoms with van der Waals surface area (Å²) in [5.41, 5.74) is -1.67. The van der Waals surface area contributed by atoms with Crippen LogP contribution in [0.25, 0.3) is 0 Å². The first-order valence-corrected chi connectivity index (χ1v) is 7.62. The molecule has 19 heavy (non-hydrogen) atoms. The lowest BCUT2D eigenvalue weighted by Gasteiger charge is -2.56. The molecule has 0 bridgehead atoms. The summed E-state index contributed by atoms with van der Waals surface area (Å²) in [4.78, 5) is 11.7. The minimum atomic E-state index is -0.871. The summed E-state index contributed by atoms with van der Waals surface area (Å²) >= 11 is 0. The summed E-state index contributed by atoms with van der Waals surface area (Å²) in [6, 6.07) is 0. The molecule has 0 heterocycles. The quantitative estimate of drug-likeness (QED) is 0.809. The van der Waals surface area contributed by atoms with E-state index in [0.717, 1.165) is 25.7 Å². The molecule has 6 atom stereocenters. The van der Waals surface area contributed by atoms with Crippen molar-refractivity contribution < 1.29 is 15.0 Å². The second-order valence-corrected chi connectivity index (χ2v) is 7.37. The van der Waals surface area contributed by atoms with Crippen molar-refractivity contribution >= 4 is 5.78 Å². The SMILES string of the molecule is CC(=O)[C@H](C)[C@@H]1CC[C@@H](C)[C@@H]2CC[C@](C)(O)C[C@]21O. The third kappa shape index (κ3) is 2.59. The number of ketones is 1. The molecule has 110 valence electrons. The van der Waals surface area contributed by atoms with E-state index in [0.29, 0.717) is 12.3 Å². The monoisotopic (exact) mass is 268 g/mol. The van der Waals surface area contributed by atoms with Crippen molar-refractivity contribution in [2.24, 2.45) is 23.7 Å². The normalized spacial score (nSPS) is 48.4. The molecule has 0 spiro atoms. The first-order chi connectivity index (χ1) is 8.67. The molecule has 0 aromatic rings. The van der Waals surface area contributed by atoms with Crippen LogP contribution >= 0.6 is 0 Å². The van der Waals surface area contributed by atoms with E-state index in [4.69, 9.17) is 0 Å². The zero-order valence-electron chi connectivity index (χ0n) is 12.6. The molecule has 3 nitrogen and oxygen atoms in total. The molecule has 2 N–H and O–H groups in total. The Labute approximate surface area is 116 Å². The van der Waals surface area contributed by atoms with E-state index in [-0.39, 0.29) is 23.5 Å². The van der Waals surface area contributed by atoms with Gasteiger partial charge in [-0.05, 0) is 57.3 Å². The van der Waals surface area contributed by atoms with Crippen LogP contribution in [0.4, 0.5) is 0 Å². The van der Waals surface area contributed by atoms with Crippen molar-refractivity contribution in [1.29, 1.82) is 0 Å². The molecular weight excluding hydrogens is 240 g/mol. The highest BCUT2D eigenvalue weighted by atomic mass is 16.3. The van der Waals surface area contributed by atoms with E-state index in [1.54, 1.807) is 6.92 Å². The Morgan fingerprint density at radius 1 is 1.26 bits per heavy atom. The maximum absolute atomic E-state index is 11.7. The Kier molecular flexibility index (Phi) is 3.83. The van der Waals surface area contributed by atoms with Gasteiger partial charge < -0.3 is 10.2 Å². The van der Waals surface area contributed by atoms with Gasteiger partial charge in [-0.25, -0.2) is 0 Å². The van der Waals surface area contributed by atoms with E-state index >= 15 is 0 Å². The topological polar surface area (TPSA) is 57.5 Å². The third-order valence-corrected chi connectivity index (χ3v) is 5.81. The van der Waals surface area contributed by atoms with Crippen LogP contribution in [0.3, 0.4) is 0 Å². The second kappa shape index (κ2) is 4.85. The van der Waals surface area contributed by atoms with Crippen LogP contribution in [0.5, 0.6) is 0 Å². The molecule has 2 rings (SSSR count). The molecule has 2 fully saturated rings. The van der Waals surface area contributed by atoms with Crippen LogP contribution in [-0.2, 0) is 4.79 Å². The van der Waals surface area contributed by atoms with Crippen LogP contribution in [0.2, 0.25) is 0 Å². The molecule has 0 radical (unpaired) electrons. The van der Waals surface area contributed by atoms with Crippen molar-refractivity contribution in [3.8, 4) is 0 Å². The largest absolute Gasteiger partial charge is 0.390 e. The van der Waals surface area contributed by atoms with Crippen molar-refractivity contribution in [1.82, 2.24) is 0 Å². The molecular formula is C16H28O3. The fraction of sp³-hybridized carbons (Fsp3) is 0.938. The molecule has 2 aliphatic carbocycles. The van der Waals surface area contributed by atoms with Gasteiger partial charge >= 0.3 is 0 Å². The number of fused-ring (bicyclic) bond motifs is 1. The van der Waals surface area contributed by atoms with Crippen LogP contribution in [0.1, 0.15) is 59.8 Å². The number of hydrogen-bond donors (Lipinski definition) is 2. The Morgan fingerprint density at radius 3 is 2.47 bits per heavy atom. The Morgan fingerprint density at radius 2 is 1.89 bits per heavy atom. The van der Waals surface area contributed by atoms with E-state index in [1.165, 1.54) is 0 Å². The molecule has 0 saturated heterocycles. The van der Waals surface area contributed by atoms with Gasteiger partial charge in [0.1, 0.15) is 5.78 Å². The van der Waals surface area contributed by atoms with Crippen molar-refractivity contribution in [2.75, 3.05) is 0 Å². The number of carbonyl (C=O) groups excluding carboxylic acids is 1. The van der Waals surface area contributed by atoms with Gasteiger partial charge in [0.05, 0.1) is 11.2 Å². The minimum Gasteiger partial charge on any atom is -0.390 e. The predicted octanol–water partition coefficient (Wildman–Crippen LogP) is 2.54. The predicted molar refractivity (Wildman–Crippen MR) is 74.6 cm³/mol. The van der Waals surface area contributed by atoms with E-state index in [9.17, 15) is 15.0 Å². The highest BCUT2D eigenvalue weighted by Crippen LogP contribution is 2.54. The van der Waals surface area contributed by atoms with Gasteiger partial charge in [0.25, 0.3) is 0 Å². The molecule has 3 heteroatoms. The van der Waals surface area contributed by atoms with Gasteiger partial charge in [0.15, 0.2) is 0 Å². The summed E-state index contributed by atoms with van der Waals surface area (Å²) in [7, 11) is 0. The molecule has 0 unspecified atom stereocenters. The van der Waals surface area contributed by atoms with Crippen molar-refractivity contribution in [3.05, 3.63) is 0 Å². The Balaban J connectivity index is 2.32. The van der Waals surface area contributed by atoms with Crippen LogP contribution in [-0.4, -0.2) is 27.2 Å². The number of Topliss-reactive ketones (excluding diaryl/α,β-unsaturated/α-hetero) is 1. The van der Waals surface area contributed by atoms with Gasteiger partial charge in [0.2, 0.25) is 0 Å². The summed E-state index contributed by atoms with van der Waals surface area (Å²) in [5.74, 6) is 0.744. The van der Waals surface area contributed by atoms with E-state index < -0.39 is 11.2 Å². The highest BCUT2D eigenvalue weighted by molar-refractivity contribution is 5.78. The molecule has 2 aliphatic rings. The zero-order chi connectivity index (χ0) is 14.4. The first-order valence-electron chi connectivity index (χ1n) is 7.62. The number of carbonyl (C=O) groups is 1. The Bertz CT molecular complexity index is 363. The molecule has 0 amide bonds. The maximum Gasteiger partial charge on any atom is 0.133 e. The van der Waals surface area contributed by atoms with Crippen LogP contribution < -0.4 is 0 Å². The fourth-order valence-corrected chi connectivity index (χ4v) is 4.59. The van der Waals surface area contributed by atoms with E-state index in [2.05, 4.69) is 6.92 Å². The second-order valence-electron chi connectivity index (χ2n) is 7.37. The average molecular weight is 268 g/mol. The van der Waals surface area contributed by atoms with Crippen molar-refractivity contribution in [2.45, 2.75) is 71.0 Å².